The van der Waals surface area contributed by atoms with Crippen molar-refractivity contribution in [3.8, 4) is 33.9 Å². The maximum absolute atomic E-state index is 6.92. The molecule has 0 saturated heterocycles. The van der Waals surface area contributed by atoms with Crippen molar-refractivity contribution < 1.29 is 0 Å². The average Bonchev–Trinajstić information content (AvgIpc) is 3.60. The molecule has 0 atom stereocenters. The van der Waals surface area contributed by atoms with Crippen LogP contribution in [0.15, 0.2) is 121 Å². The van der Waals surface area contributed by atoms with E-state index >= 15 is 0 Å². The third-order valence-corrected chi connectivity index (χ3v) is 9.08. The Hall–Kier alpha value is -4.44. The van der Waals surface area contributed by atoms with E-state index in [9.17, 15) is 0 Å². The minimum atomic E-state index is 0.773. The van der Waals surface area contributed by atoms with E-state index in [-0.39, 0.29) is 0 Å². The molecule has 1 N–H and O–H groups in total. The molecular weight excluding hydrogens is 516 g/mol. The number of H-pyrrole nitrogens is 1. The van der Waals surface area contributed by atoms with E-state index in [1.165, 1.54) is 20.2 Å². The summed E-state index contributed by atoms with van der Waals surface area (Å²) < 4.78 is 2.58. The van der Waals surface area contributed by atoms with Gasteiger partial charge in [0, 0.05) is 47.6 Å². The van der Waals surface area contributed by atoms with Crippen molar-refractivity contribution in [1.29, 1.82) is 0 Å². The molecule has 0 aliphatic heterocycles. The molecule has 39 heavy (non-hydrogen) atoms. The van der Waals surface area contributed by atoms with Crippen molar-refractivity contribution in [2.24, 2.45) is 0 Å². The summed E-state index contributed by atoms with van der Waals surface area (Å²) in [7, 11) is 0. The van der Waals surface area contributed by atoms with Crippen molar-refractivity contribution in [2.45, 2.75) is 0 Å². The standard InChI is InChI=1S/C35H21ClN2S/c36-32-26-15-6-4-13-24(26)31(25-14-5-7-16-27(25)32)35-37-33(21-10-2-1-3-11-21)34(38-35)22-18-19-30-28(20-22)23-12-8-9-17-29(23)39-30/h1-20H,(H,37,38). The zero-order valence-electron chi connectivity index (χ0n) is 20.8. The molecule has 2 nitrogen and oxygen atoms in total. The fraction of sp³-hybridized carbons (Fsp3) is 0. The van der Waals surface area contributed by atoms with Crippen LogP contribution in [0.25, 0.3) is 75.6 Å². The smallest absolute Gasteiger partial charge is 0.139 e. The van der Waals surface area contributed by atoms with Gasteiger partial charge in [-0.2, -0.15) is 0 Å². The van der Waals surface area contributed by atoms with Crippen LogP contribution in [0.1, 0.15) is 0 Å². The van der Waals surface area contributed by atoms with E-state index < -0.39 is 0 Å². The zero-order valence-corrected chi connectivity index (χ0v) is 22.4. The van der Waals surface area contributed by atoms with Crippen molar-refractivity contribution in [1.82, 2.24) is 9.97 Å². The highest BCUT2D eigenvalue weighted by Gasteiger charge is 2.21. The fourth-order valence-corrected chi connectivity index (χ4v) is 7.13. The molecule has 0 amide bonds. The van der Waals surface area contributed by atoms with E-state index in [2.05, 4.69) is 108 Å². The minimum absolute atomic E-state index is 0.773. The van der Waals surface area contributed by atoms with E-state index in [0.717, 1.165) is 60.5 Å². The van der Waals surface area contributed by atoms with Gasteiger partial charge < -0.3 is 4.98 Å². The second-order valence-corrected chi connectivity index (χ2v) is 11.2. The van der Waals surface area contributed by atoms with Crippen LogP contribution in [0.4, 0.5) is 0 Å². The van der Waals surface area contributed by atoms with Gasteiger partial charge in [-0.25, -0.2) is 4.98 Å². The summed E-state index contributed by atoms with van der Waals surface area (Å²) in [5, 5.41) is 7.54. The number of halogens is 1. The molecule has 184 valence electrons. The highest BCUT2D eigenvalue weighted by molar-refractivity contribution is 7.25. The van der Waals surface area contributed by atoms with Crippen molar-refractivity contribution >= 4 is 64.7 Å². The number of aromatic nitrogens is 2. The van der Waals surface area contributed by atoms with Crippen LogP contribution in [0.5, 0.6) is 0 Å². The van der Waals surface area contributed by atoms with Gasteiger partial charge in [0.1, 0.15) is 5.82 Å². The number of hydrogen-bond donors (Lipinski definition) is 1. The Morgan fingerprint density at radius 3 is 1.85 bits per heavy atom. The molecule has 0 fully saturated rings. The first-order valence-electron chi connectivity index (χ1n) is 12.9. The van der Waals surface area contributed by atoms with Crippen LogP contribution in [-0.4, -0.2) is 9.97 Å². The van der Waals surface area contributed by atoms with Gasteiger partial charge in [0.05, 0.1) is 16.4 Å². The second kappa shape index (κ2) is 8.81. The number of nitrogens with zero attached hydrogens (tertiary/aromatic N) is 1. The lowest BCUT2D eigenvalue weighted by Gasteiger charge is -2.12. The third kappa shape index (κ3) is 3.51. The lowest BCUT2D eigenvalue weighted by atomic mass is 9.96. The van der Waals surface area contributed by atoms with Gasteiger partial charge in [-0.3, -0.25) is 0 Å². The molecule has 4 heteroatoms. The average molecular weight is 537 g/mol. The van der Waals surface area contributed by atoms with E-state index in [1.807, 2.05) is 29.5 Å². The number of thiophene rings is 1. The van der Waals surface area contributed by atoms with Crippen molar-refractivity contribution in [3.63, 3.8) is 0 Å². The summed E-state index contributed by atoms with van der Waals surface area (Å²) in [6.45, 7) is 0. The second-order valence-electron chi connectivity index (χ2n) is 9.76. The van der Waals surface area contributed by atoms with Gasteiger partial charge in [0.15, 0.2) is 0 Å². The van der Waals surface area contributed by atoms with Gasteiger partial charge in [-0.15, -0.1) is 11.3 Å². The number of fused-ring (bicyclic) bond motifs is 5. The maximum atomic E-state index is 6.92. The molecule has 8 rings (SSSR count). The molecule has 0 aliphatic carbocycles. The highest BCUT2D eigenvalue weighted by Crippen LogP contribution is 2.43. The molecule has 0 bridgehead atoms. The van der Waals surface area contributed by atoms with Gasteiger partial charge in [0.2, 0.25) is 0 Å². The van der Waals surface area contributed by atoms with Crippen LogP contribution in [0.2, 0.25) is 5.02 Å². The molecule has 6 aromatic carbocycles. The Balaban J connectivity index is 1.44. The predicted octanol–water partition coefficient (Wildman–Crippen LogP) is 10.7. The summed E-state index contributed by atoms with van der Waals surface area (Å²) in [6, 6.07) is 42.4. The van der Waals surface area contributed by atoms with Gasteiger partial charge >= 0.3 is 0 Å². The van der Waals surface area contributed by atoms with E-state index in [1.54, 1.807) is 0 Å². The minimum Gasteiger partial charge on any atom is -0.337 e. The Kier molecular flexibility index (Phi) is 5.09. The number of benzene rings is 6. The molecule has 2 aromatic heterocycles. The normalized spacial score (nSPS) is 11.7. The van der Waals surface area contributed by atoms with Crippen LogP contribution < -0.4 is 0 Å². The Morgan fingerprint density at radius 2 is 1.13 bits per heavy atom. The monoisotopic (exact) mass is 536 g/mol. The highest BCUT2D eigenvalue weighted by atomic mass is 35.5. The zero-order chi connectivity index (χ0) is 25.9. The van der Waals surface area contributed by atoms with Gasteiger partial charge in [-0.05, 0) is 29.0 Å². The first-order valence-corrected chi connectivity index (χ1v) is 14.1. The Morgan fingerprint density at radius 1 is 0.538 bits per heavy atom. The fourth-order valence-electron chi connectivity index (χ4n) is 5.72. The van der Waals surface area contributed by atoms with Crippen LogP contribution in [-0.2, 0) is 0 Å². The van der Waals surface area contributed by atoms with Crippen molar-refractivity contribution in [3.05, 3.63) is 126 Å². The molecule has 0 radical (unpaired) electrons. The molecule has 0 spiro atoms. The summed E-state index contributed by atoms with van der Waals surface area (Å²) >= 11 is 8.76. The first kappa shape index (κ1) is 22.5. The van der Waals surface area contributed by atoms with Gasteiger partial charge in [-0.1, -0.05) is 115 Å². The Labute approximate surface area is 234 Å². The quantitative estimate of drug-likeness (QED) is 0.223. The van der Waals surface area contributed by atoms with Crippen molar-refractivity contribution in [2.75, 3.05) is 0 Å². The number of rotatable bonds is 3. The molecule has 0 unspecified atom stereocenters. The largest absolute Gasteiger partial charge is 0.337 e. The van der Waals surface area contributed by atoms with Gasteiger partial charge in [0.25, 0.3) is 0 Å². The van der Waals surface area contributed by atoms with E-state index in [0.29, 0.717) is 0 Å². The topological polar surface area (TPSA) is 28.7 Å². The summed E-state index contributed by atoms with van der Waals surface area (Å²) in [5.41, 5.74) is 5.21. The number of aromatic amines is 1. The summed E-state index contributed by atoms with van der Waals surface area (Å²) in [5.74, 6) is 0.836. The molecular formula is C35H21ClN2S. The number of hydrogen-bond acceptors (Lipinski definition) is 2. The van der Waals surface area contributed by atoms with Crippen LogP contribution in [0.3, 0.4) is 0 Å². The van der Waals surface area contributed by atoms with E-state index in [4.69, 9.17) is 16.6 Å². The molecule has 2 heterocycles. The third-order valence-electron chi connectivity index (χ3n) is 7.52. The lowest BCUT2D eigenvalue weighted by Crippen LogP contribution is -1.89. The SMILES string of the molecule is Clc1c2ccccc2c(-c2nc(-c3ccc4sc5ccccc5c4c3)c(-c3ccccc3)[nH]2)c2ccccc12. The Bertz CT molecular complexity index is 2130. The summed E-state index contributed by atoms with van der Waals surface area (Å²) in [6.07, 6.45) is 0. The summed E-state index contributed by atoms with van der Waals surface area (Å²) in [4.78, 5) is 9.08. The lowest BCUT2D eigenvalue weighted by molar-refractivity contribution is 1.32. The molecule has 0 aliphatic rings. The molecule has 8 aromatic rings. The predicted molar refractivity (Wildman–Crippen MR) is 168 cm³/mol. The maximum Gasteiger partial charge on any atom is 0.139 e. The number of nitrogens with one attached hydrogen (secondary N) is 1. The first-order chi connectivity index (χ1) is 19.3. The van der Waals surface area contributed by atoms with Crippen LogP contribution in [0, 0.1) is 0 Å². The molecule has 0 saturated carbocycles. The van der Waals surface area contributed by atoms with Crippen LogP contribution >= 0.6 is 22.9 Å². The number of imidazole rings is 1.